The third kappa shape index (κ3) is 4.83. The van der Waals surface area contributed by atoms with Crippen LogP contribution >= 0.6 is 0 Å². The molecule has 0 saturated heterocycles. The first-order chi connectivity index (χ1) is 15.7. The van der Waals surface area contributed by atoms with Crippen LogP contribution in [0.5, 0.6) is 0 Å². The summed E-state index contributed by atoms with van der Waals surface area (Å²) in [5.74, 6) is 0.420. The molecule has 0 aliphatic heterocycles. The van der Waals surface area contributed by atoms with Gasteiger partial charge in [-0.15, -0.1) is 6.58 Å². The molecule has 4 rings (SSSR count). The van der Waals surface area contributed by atoms with Crippen LogP contribution in [0.1, 0.15) is 28.5 Å². The molecule has 1 amide bonds. The van der Waals surface area contributed by atoms with Crippen molar-refractivity contribution in [3.63, 3.8) is 0 Å². The highest BCUT2D eigenvalue weighted by molar-refractivity contribution is 5.87. The van der Waals surface area contributed by atoms with Crippen LogP contribution in [0.4, 0.5) is 0 Å². The number of rotatable bonds is 8. The smallest absolute Gasteiger partial charge is 0.246 e. The van der Waals surface area contributed by atoms with Gasteiger partial charge in [-0.05, 0) is 24.1 Å². The van der Waals surface area contributed by atoms with Crippen molar-refractivity contribution in [1.29, 1.82) is 0 Å². The van der Waals surface area contributed by atoms with Crippen molar-refractivity contribution in [2.75, 3.05) is 6.54 Å². The summed E-state index contributed by atoms with van der Waals surface area (Å²) in [6.07, 6.45) is 1.71. The standard InChI is InChI=1S/C27H25N3O2/c1-3-17-30(19-24-28-26(29-32-24)23-16-10-11-20(2)18-23)27(31)25(21-12-6-4-7-13-21)22-14-8-5-9-15-22/h3-16,18,25H,1,17,19H2,2H3. The van der Waals surface area contributed by atoms with Gasteiger partial charge in [0, 0.05) is 12.1 Å². The Morgan fingerprint density at radius 2 is 1.66 bits per heavy atom. The molecule has 0 bridgehead atoms. The summed E-state index contributed by atoms with van der Waals surface area (Å²) in [6.45, 7) is 6.43. The minimum Gasteiger partial charge on any atom is -0.337 e. The van der Waals surface area contributed by atoms with E-state index in [2.05, 4.69) is 16.7 Å². The molecule has 0 aliphatic rings. The molecule has 0 radical (unpaired) electrons. The van der Waals surface area contributed by atoms with Crippen LogP contribution in [0.3, 0.4) is 0 Å². The Labute approximate surface area is 188 Å². The number of nitrogens with zero attached hydrogens (tertiary/aromatic N) is 3. The van der Waals surface area contributed by atoms with Crippen LogP contribution in [-0.4, -0.2) is 27.5 Å². The van der Waals surface area contributed by atoms with Crippen molar-refractivity contribution >= 4 is 5.91 Å². The van der Waals surface area contributed by atoms with Gasteiger partial charge in [0.2, 0.25) is 17.6 Å². The van der Waals surface area contributed by atoms with Gasteiger partial charge in [0.05, 0.1) is 5.92 Å². The fourth-order valence-electron chi connectivity index (χ4n) is 3.72. The molecular weight excluding hydrogens is 398 g/mol. The molecule has 4 aromatic rings. The summed E-state index contributed by atoms with van der Waals surface area (Å²) in [6, 6.07) is 27.5. The molecule has 0 atom stereocenters. The molecule has 32 heavy (non-hydrogen) atoms. The Balaban J connectivity index is 1.62. The lowest BCUT2D eigenvalue weighted by Crippen LogP contribution is -2.35. The van der Waals surface area contributed by atoms with Gasteiger partial charge in [-0.2, -0.15) is 4.98 Å². The zero-order valence-electron chi connectivity index (χ0n) is 18.0. The molecule has 3 aromatic carbocycles. The summed E-state index contributed by atoms with van der Waals surface area (Å²) in [5, 5.41) is 4.11. The molecule has 1 aromatic heterocycles. The van der Waals surface area contributed by atoms with Gasteiger partial charge in [0.15, 0.2) is 0 Å². The maximum absolute atomic E-state index is 13.7. The monoisotopic (exact) mass is 423 g/mol. The zero-order chi connectivity index (χ0) is 22.3. The third-order valence-electron chi connectivity index (χ3n) is 5.24. The van der Waals surface area contributed by atoms with Gasteiger partial charge in [-0.25, -0.2) is 0 Å². The van der Waals surface area contributed by atoms with Gasteiger partial charge in [-0.1, -0.05) is 95.7 Å². The molecule has 1 heterocycles. The van der Waals surface area contributed by atoms with Crippen LogP contribution in [-0.2, 0) is 11.3 Å². The van der Waals surface area contributed by atoms with Crippen molar-refractivity contribution in [3.8, 4) is 11.4 Å². The first-order valence-electron chi connectivity index (χ1n) is 10.5. The van der Waals surface area contributed by atoms with E-state index in [9.17, 15) is 4.79 Å². The summed E-state index contributed by atoms with van der Waals surface area (Å²) >= 11 is 0. The lowest BCUT2D eigenvalue weighted by Gasteiger charge is -2.26. The molecule has 5 nitrogen and oxygen atoms in total. The quantitative estimate of drug-likeness (QED) is 0.357. The van der Waals surface area contributed by atoms with Gasteiger partial charge < -0.3 is 9.42 Å². The highest BCUT2D eigenvalue weighted by Gasteiger charge is 2.28. The molecule has 0 unspecified atom stereocenters. The average Bonchev–Trinajstić information content (AvgIpc) is 3.29. The third-order valence-corrected chi connectivity index (χ3v) is 5.24. The highest BCUT2D eigenvalue weighted by Crippen LogP contribution is 2.28. The number of aryl methyl sites for hydroxylation is 1. The van der Waals surface area contributed by atoms with Crippen LogP contribution < -0.4 is 0 Å². The summed E-state index contributed by atoms with van der Waals surface area (Å²) in [5.41, 5.74) is 3.87. The lowest BCUT2D eigenvalue weighted by molar-refractivity contribution is -0.132. The van der Waals surface area contributed by atoms with Gasteiger partial charge in [0.1, 0.15) is 6.54 Å². The second-order valence-corrected chi connectivity index (χ2v) is 7.64. The van der Waals surface area contributed by atoms with Gasteiger partial charge >= 0.3 is 0 Å². The van der Waals surface area contributed by atoms with E-state index in [-0.39, 0.29) is 12.5 Å². The van der Waals surface area contributed by atoms with E-state index >= 15 is 0 Å². The Morgan fingerprint density at radius 1 is 1.00 bits per heavy atom. The average molecular weight is 424 g/mol. The van der Waals surface area contributed by atoms with E-state index < -0.39 is 5.92 Å². The van der Waals surface area contributed by atoms with Crippen molar-refractivity contribution < 1.29 is 9.32 Å². The second kappa shape index (κ2) is 9.88. The number of amides is 1. The van der Waals surface area contributed by atoms with Crippen molar-refractivity contribution in [2.24, 2.45) is 0 Å². The molecule has 160 valence electrons. The Morgan fingerprint density at radius 3 is 2.25 bits per heavy atom. The molecule has 0 aliphatic carbocycles. The predicted octanol–water partition coefficient (Wildman–Crippen LogP) is 5.39. The number of carbonyl (C=O) groups excluding carboxylic acids is 1. The first-order valence-corrected chi connectivity index (χ1v) is 10.5. The number of carbonyl (C=O) groups is 1. The van der Waals surface area contributed by atoms with Crippen molar-refractivity contribution in [3.05, 3.63) is 120 Å². The lowest BCUT2D eigenvalue weighted by atomic mass is 9.90. The minimum absolute atomic E-state index is 0.0439. The Bertz CT molecular complexity index is 1150. The molecule has 0 N–H and O–H groups in total. The zero-order valence-corrected chi connectivity index (χ0v) is 18.0. The van der Waals surface area contributed by atoms with E-state index in [0.717, 1.165) is 22.3 Å². The van der Waals surface area contributed by atoms with Crippen LogP contribution in [0.25, 0.3) is 11.4 Å². The van der Waals surface area contributed by atoms with E-state index in [1.54, 1.807) is 11.0 Å². The van der Waals surface area contributed by atoms with Gasteiger partial charge in [0.25, 0.3) is 0 Å². The van der Waals surface area contributed by atoms with Crippen LogP contribution in [0, 0.1) is 6.92 Å². The molecule has 5 heteroatoms. The molecular formula is C27H25N3O2. The Hall–Kier alpha value is -3.99. The fraction of sp³-hybridized carbons (Fsp3) is 0.148. The van der Waals surface area contributed by atoms with E-state index in [1.165, 1.54) is 0 Å². The largest absolute Gasteiger partial charge is 0.337 e. The minimum atomic E-state index is -0.434. The topological polar surface area (TPSA) is 59.2 Å². The maximum Gasteiger partial charge on any atom is 0.246 e. The van der Waals surface area contributed by atoms with E-state index in [1.807, 2.05) is 91.9 Å². The highest BCUT2D eigenvalue weighted by atomic mass is 16.5. The van der Waals surface area contributed by atoms with E-state index in [4.69, 9.17) is 4.52 Å². The normalized spacial score (nSPS) is 10.8. The van der Waals surface area contributed by atoms with Crippen molar-refractivity contribution in [2.45, 2.75) is 19.4 Å². The number of aromatic nitrogens is 2. The SMILES string of the molecule is C=CCN(Cc1nc(-c2cccc(C)c2)no1)C(=O)C(c1ccccc1)c1ccccc1. The number of hydrogen-bond donors (Lipinski definition) is 0. The number of benzene rings is 3. The van der Waals surface area contributed by atoms with Crippen molar-refractivity contribution in [1.82, 2.24) is 15.0 Å². The summed E-state index contributed by atoms with van der Waals surface area (Å²) < 4.78 is 5.49. The number of hydrogen-bond acceptors (Lipinski definition) is 4. The fourth-order valence-corrected chi connectivity index (χ4v) is 3.72. The Kier molecular flexibility index (Phi) is 6.56. The van der Waals surface area contributed by atoms with Crippen LogP contribution in [0.15, 0.2) is 102 Å². The van der Waals surface area contributed by atoms with E-state index in [0.29, 0.717) is 18.3 Å². The van der Waals surface area contributed by atoms with Crippen LogP contribution in [0.2, 0.25) is 0 Å². The van der Waals surface area contributed by atoms with Gasteiger partial charge in [-0.3, -0.25) is 4.79 Å². The molecule has 0 fully saturated rings. The summed E-state index contributed by atoms with van der Waals surface area (Å²) in [7, 11) is 0. The first kappa shape index (κ1) is 21.2. The molecule has 0 spiro atoms. The summed E-state index contributed by atoms with van der Waals surface area (Å²) in [4.78, 5) is 20.0. The predicted molar refractivity (Wildman–Crippen MR) is 125 cm³/mol. The molecule has 0 saturated carbocycles. The maximum atomic E-state index is 13.7. The second-order valence-electron chi connectivity index (χ2n) is 7.64.